The average Bonchev–Trinajstić information content (AvgIpc) is 2.42. The number of halogens is 2. The Hall–Kier alpha value is -1.14. The summed E-state index contributed by atoms with van der Waals surface area (Å²) in [6, 6.07) is 3.67. The van der Waals surface area contributed by atoms with Crippen LogP contribution in [0, 0.1) is 5.82 Å². The van der Waals surface area contributed by atoms with Crippen molar-refractivity contribution in [2.45, 2.75) is 25.3 Å². The Bertz CT molecular complexity index is 470. The van der Waals surface area contributed by atoms with Gasteiger partial charge in [0.05, 0.1) is 18.3 Å². The van der Waals surface area contributed by atoms with Crippen molar-refractivity contribution in [1.29, 1.82) is 0 Å². The van der Waals surface area contributed by atoms with Crippen LogP contribution in [0.3, 0.4) is 0 Å². The molecule has 0 aliphatic carbocycles. The van der Waals surface area contributed by atoms with Crippen LogP contribution in [-0.4, -0.2) is 35.2 Å². The number of aliphatic hydroxyl groups is 1. The Balaban J connectivity index is 2.09. The van der Waals surface area contributed by atoms with Crippen molar-refractivity contribution >= 4 is 27.6 Å². The Kier molecular flexibility index (Phi) is 4.76. The fraction of sp³-hybridized carbons (Fsp3) is 0.462. The van der Waals surface area contributed by atoms with Crippen molar-refractivity contribution in [3.05, 3.63) is 28.5 Å². The van der Waals surface area contributed by atoms with E-state index in [9.17, 15) is 14.3 Å². The molecule has 1 fully saturated rings. The molecule has 1 aliphatic rings. The zero-order chi connectivity index (χ0) is 13.8. The first-order valence-electron chi connectivity index (χ1n) is 6.25. The summed E-state index contributed by atoms with van der Waals surface area (Å²) in [4.78, 5) is 13.8. The molecule has 1 aliphatic heterocycles. The zero-order valence-corrected chi connectivity index (χ0v) is 12.0. The highest BCUT2D eigenvalue weighted by molar-refractivity contribution is 9.10. The van der Waals surface area contributed by atoms with Crippen LogP contribution >= 0.6 is 15.9 Å². The highest BCUT2D eigenvalue weighted by Gasteiger charge is 2.26. The van der Waals surface area contributed by atoms with E-state index in [1.54, 1.807) is 11.0 Å². The number of rotatable bonds is 2. The molecule has 1 aromatic rings. The SMILES string of the molecule is O=C(Nc1cc(F)ccc1Br)N1CCCC[C@@H]1CO. The van der Waals surface area contributed by atoms with Crippen LogP contribution in [0.1, 0.15) is 19.3 Å². The van der Waals surface area contributed by atoms with Crippen LogP contribution < -0.4 is 5.32 Å². The number of likely N-dealkylation sites (tertiary alicyclic amines) is 1. The molecular formula is C13H16BrFN2O2. The quantitative estimate of drug-likeness (QED) is 0.875. The molecular weight excluding hydrogens is 315 g/mol. The molecule has 2 N–H and O–H groups in total. The third-order valence-electron chi connectivity index (χ3n) is 3.27. The first-order valence-corrected chi connectivity index (χ1v) is 7.04. The van der Waals surface area contributed by atoms with E-state index < -0.39 is 5.82 Å². The number of hydrogen-bond acceptors (Lipinski definition) is 2. The first-order chi connectivity index (χ1) is 9.11. The largest absolute Gasteiger partial charge is 0.394 e. The summed E-state index contributed by atoms with van der Waals surface area (Å²) < 4.78 is 13.8. The van der Waals surface area contributed by atoms with Gasteiger partial charge in [-0.25, -0.2) is 9.18 Å². The molecule has 0 aromatic heterocycles. The lowest BCUT2D eigenvalue weighted by Gasteiger charge is -2.34. The van der Waals surface area contributed by atoms with Crippen LogP contribution in [0.15, 0.2) is 22.7 Å². The van der Waals surface area contributed by atoms with E-state index in [0.29, 0.717) is 16.7 Å². The van der Waals surface area contributed by atoms with Crippen molar-refractivity contribution < 1.29 is 14.3 Å². The minimum atomic E-state index is -0.407. The maximum atomic E-state index is 13.2. The van der Waals surface area contributed by atoms with Crippen molar-refractivity contribution in [2.24, 2.45) is 0 Å². The van der Waals surface area contributed by atoms with Gasteiger partial charge in [0.2, 0.25) is 0 Å². The van der Waals surface area contributed by atoms with Crippen LogP contribution in [-0.2, 0) is 0 Å². The molecule has 0 radical (unpaired) electrons. The van der Waals surface area contributed by atoms with Crippen molar-refractivity contribution in [2.75, 3.05) is 18.5 Å². The van der Waals surface area contributed by atoms with Crippen molar-refractivity contribution in [1.82, 2.24) is 4.90 Å². The number of nitrogens with one attached hydrogen (secondary N) is 1. The van der Waals surface area contributed by atoms with Crippen LogP contribution in [0.4, 0.5) is 14.9 Å². The molecule has 2 rings (SSSR count). The Labute approximate surface area is 119 Å². The summed E-state index contributed by atoms with van der Waals surface area (Å²) in [5.74, 6) is -0.407. The number of anilines is 1. The lowest BCUT2D eigenvalue weighted by Crippen LogP contribution is -2.47. The van der Waals surface area contributed by atoms with E-state index in [0.717, 1.165) is 19.3 Å². The lowest BCUT2D eigenvalue weighted by atomic mass is 10.0. The van der Waals surface area contributed by atoms with E-state index >= 15 is 0 Å². The lowest BCUT2D eigenvalue weighted by molar-refractivity contribution is 0.115. The average molecular weight is 331 g/mol. The van der Waals surface area contributed by atoms with Gasteiger partial charge >= 0.3 is 6.03 Å². The Morgan fingerprint density at radius 1 is 1.53 bits per heavy atom. The van der Waals surface area contributed by atoms with Gasteiger partial charge in [0.1, 0.15) is 5.82 Å². The molecule has 1 aromatic carbocycles. The third-order valence-corrected chi connectivity index (χ3v) is 3.96. The third kappa shape index (κ3) is 3.45. The number of hydrogen-bond donors (Lipinski definition) is 2. The van der Waals surface area contributed by atoms with Gasteiger partial charge in [0.25, 0.3) is 0 Å². The van der Waals surface area contributed by atoms with Gasteiger partial charge in [-0.15, -0.1) is 0 Å². The summed E-state index contributed by atoms with van der Waals surface area (Å²) in [6.07, 6.45) is 2.74. The number of nitrogens with zero attached hydrogens (tertiary/aromatic N) is 1. The monoisotopic (exact) mass is 330 g/mol. The number of carbonyl (C=O) groups excluding carboxylic acids is 1. The molecule has 4 nitrogen and oxygen atoms in total. The van der Waals surface area contributed by atoms with Crippen LogP contribution in [0.5, 0.6) is 0 Å². The van der Waals surface area contributed by atoms with E-state index in [1.165, 1.54) is 12.1 Å². The second-order valence-electron chi connectivity index (χ2n) is 4.58. The number of amides is 2. The zero-order valence-electron chi connectivity index (χ0n) is 10.4. The maximum absolute atomic E-state index is 13.2. The van der Waals surface area contributed by atoms with E-state index in [4.69, 9.17) is 0 Å². The summed E-state index contributed by atoms with van der Waals surface area (Å²) in [6.45, 7) is 0.571. The number of piperidine rings is 1. The highest BCUT2D eigenvalue weighted by atomic mass is 79.9. The number of benzene rings is 1. The molecule has 19 heavy (non-hydrogen) atoms. The molecule has 0 bridgehead atoms. The fourth-order valence-electron chi connectivity index (χ4n) is 2.24. The molecule has 6 heteroatoms. The molecule has 104 valence electrons. The molecule has 0 saturated carbocycles. The summed E-state index contributed by atoms with van der Waals surface area (Å²) in [5.41, 5.74) is 0.396. The molecule has 2 amide bonds. The number of urea groups is 1. The minimum absolute atomic E-state index is 0.0439. The fourth-order valence-corrected chi connectivity index (χ4v) is 2.58. The topological polar surface area (TPSA) is 52.6 Å². The standard InChI is InChI=1S/C13H16BrFN2O2/c14-11-5-4-9(15)7-12(11)16-13(19)17-6-2-1-3-10(17)8-18/h4-5,7,10,18H,1-3,6,8H2,(H,16,19)/t10-/m1/s1. The normalized spacial score (nSPS) is 19.3. The molecule has 1 saturated heterocycles. The second-order valence-corrected chi connectivity index (χ2v) is 5.43. The van der Waals surface area contributed by atoms with Crippen LogP contribution in [0.2, 0.25) is 0 Å². The van der Waals surface area contributed by atoms with E-state index in [-0.39, 0.29) is 18.7 Å². The highest BCUT2D eigenvalue weighted by Crippen LogP contribution is 2.24. The number of carbonyl (C=O) groups is 1. The predicted octanol–water partition coefficient (Wildman–Crippen LogP) is 2.97. The van der Waals surface area contributed by atoms with Gasteiger partial charge in [-0.3, -0.25) is 0 Å². The van der Waals surface area contributed by atoms with Gasteiger partial charge in [0, 0.05) is 11.0 Å². The minimum Gasteiger partial charge on any atom is -0.394 e. The van der Waals surface area contributed by atoms with E-state index in [1.807, 2.05) is 0 Å². The maximum Gasteiger partial charge on any atom is 0.322 e. The smallest absolute Gasteiger partial charge is 0.322 e. The Morgan fingerprint density at radius 2 is 2.32 bits per heavy atom. The molecule has 1 heterocycles. The first kappa shape index (κ1) is 14.3. The predicted molar refractivity (Wildman–Crippen MR) is 74.5 cm³/mol. The van der Waals surface area contributed by atoms with Gasteiger partial charge in [-0.05, 0) is 53.4 Å². The van der Waals surface area contributed by atoms with Crippen LogP contribution in [0.25, 0.3) is 0 Å². The molecule has 0 unspecified atom stereocenters. The summed E-state index contributed by atoms with van der Waals surface area (Å²) >= 11 is 3.27. The van der Waals surface area contributed by atoms with Gasteiger partial charge in [-0.2, -0.15) is 0 Å². The van der Waals surface area contributed by atoms with E-state index in [2.05, 4.69) is 21.2 Å². The molecule has 1 atom stereocenters. The summed E-state index contributed by atoms with van der Waals surface area (Å²) in [7, 11) is 0. The second kappa shape index (κ2) is 6.34. The number of aliphatic hydroxyl groups excluding tert-OH is 1. The van der Waals surface area contributed by atoms with Gasteiger partial charge in [0.15, 0.2) is 0 Å². The summed E-state index contributed by atoms with van der Waals surface area (Å²) in [5, 5.41) is 12.0. The van der Waals surface area contributed by atoms with Crippen molar-refractivity contribution in [3.63, 3.8) is 0 Å². The van der Waals surface area contributed by atoms with Gasteiger partial charge < -0.3 is 15.3 Å². The van der Waals surface area contributed by atoms with Gasteiger partial charge in [-0.1, -0.05) is 0 Å². The molecule has 0 spiro atoms. The van der Waals surface area contributed by atoms with Crippen molar-refractivity contribution in [3.8, 4) is 0 Å². The Morgan fingerprint density at radius 3 is 3.05 bits per heavy atom.